The lowest BCUT2D eigenvalue weighted by atomic mass is 9.86. The zero-order valence-electron chi connectivity index (χ0n) is 17.1. The largest absolute Gasteiger partial charge is 0.376 e. The van der Waals surface area contributed by atoms with Gasteiger partial charge in [0.05, 0.1) is 6.10 Å². The van der Waals surface area contributed by atoms with Crippen LogP contribution in [0.3, 0.4) is 0 Å². The molecule has 0 aliphatic carbocycles. The van der Waals surface area contributed by atoms with E-state index in [4.69, 9.17) is 4.74 Å². The highest BCUT2D eigenvalue weighted by atomic mass is 16.5. The molecule has 0 saturated heterocycles. The van der Waals surface area contributed by atoms with E-state index in [1.54, 1.807) is 7.11 Å². The Hall–Kier alpha value is -1.60. The van der Waals surface area contributed by atoms with Crippen LogP contribution >= 0.6 is 0 Å². The molecule has 1 heteroatoms. The summed E-state index contributed by atoms with van der Waals surface area (Å²) in [7, 11) is 1.77. The number of methoxy groups -OCH3 is 1. The summed E-state index contributed by atoms with van der Waals surface area (Å²) in [4.78, 5) is 0. The van der Waals surface area contributed by atoms with Crippen LogP contribution in [0.1, 0.15) is 69.8 Å². The SMILES string of the molecule is CCC(c1ccccc1)C(C)C.COC(c1ccc(C)cc1)C(C)C. The summed E-state index contributed by atoms with van der Waals surface area (Å²) >= 11 is 0. The molecule has 0 amide bonds. The number of aryl methyl sites for hydroxylation is 1. The van der Waals surface area contributed by atoms with Gasteiger partial charge < -0.3 is 4.74 Å². The molecular weight excluding hydrogens is 304 g/mol. The van der Waals surface area contributed by atoms with Crippen molar-refractivity contribution in [3.8, 4) is 0 Å². The van der Waals surface area contributed by atoms with Crippen LogP contribution in [-0.2, 0) is 4.74 Å². The lowest BCUT2D eigenvalue weighted by Crippen LogP contribution is -2.08. The fraction of sp³-hybridized carbons (Fsp3) is 0.500. The maximum absolute atomic E-state index is 5.44. The molecule has 0 aliphatic rings. The maximum atomic E-state index is 5.44. The highest BCUT2D eigenvalue weighted by Crippen LogP contribution is 2.27. The Morgan fingerprint density at radius 1 is 0.760 bits per heavy atom. The first-order chi connectivity index (χ1) is 11.9. The smallest absolute Gasteiger partial charge is 0.0844 e. The van der Waals surface area contributed by atoms with Crippen molar-refractivity contribution in [2.45, 2.75) is 60.0 Å². The second kappa shape index (κ2) is 11.1. The van der Waals surface area contributed by atoms with Gasteiger partial charge in [-0.3, -0.25) is 0 Å². The number of rotatable bonds is 6. The molecule has 0 aliphatic heterocycles. The van der Waals surface area contributed by atoms with Crippen LogP contribution in [-0.4, -0.2) is 7.11 Å². The third-order valence-electron chi connectivity index (χ3n) is 4.74. The van der Waals surface area contributed by atoms with Crippen molar-refractivity contribution in [3.63, 3.8) is 0 Å². The average molecular weight is 341 g/mol. The second-order valence-corrected chi connectivity index (χ2v) is 7.48. The van der Waals surface area contributed by atoms with Gasteiger partial charge in [0.15, 0.2) is 0 Å². The maximum Gasteiger partial charge on any atom is 0.0844 e. The first kappa shape index (κ1) is 21.4. The number of hydrogen-bond donors (Lipinski definition) is 0. The molecule has 2 aromatic rings. The van der Waals surface area contributed by atoms with Crippen molar-refractivity contribution in [1.82, 2.24) is 0 Å². The minimum absolute atomic E-state index is 0.223. The zero-order valence-corrected chi connectivity index (χ0v) is 17.1. The molecule has 0 N–H and O–H groups in total. The molecule has 0 saturated carbocycles. The Kier molecular flexibility index (Phi) is 9.52. The van der Waals surface area contributed by atoms with Gasteiger partial charge in [-0.2, -0.15) is 0 Å². The van der Waals surface area contributed by atoms with Gasteiger partial charge in [-0.1, -0.05) is 94.8 Å². The Bertz CT molecular complexity index is 569. The first-order valence-electron chi connectivity index (χ1n) is 9.54. The summed E-state index contributed by atoms with van der Waals surface area (Å²) in [5.74, 6) is 2.00. The molecular formula is C24H36O. The van der Waals surface area contributed by atoms with Gasteiger partial charge in [-0.15, -0.1) is 0 Å². The molecule has 0 bridgehead atoms. The predicted octanol–water partition coefficient (Wildman–Crippen LogP) is 7.17. The molecule has 0 heterocycles. The van der Waals surface area contributed by atoms with Crippen LogP contribution in [0.2, 0.25) is 0 Å². The topological polar surface area (TPSA) is 9.23 Å². The Labute approximate surface area is 155 Å². The van der Waals surface area contributed by atoms with E-state index in [-0.39, 0.29) is 6.10 Å². The highest BCUT2D eigenvalue weighted by molar-refractivity contribution is 5.23. The molecule has 0 radical (unpaired) electrons. The minimum Gasteiger partial charge on any atom is -0.376 e. The van der Waals surface area contributed by atoms with E-state index in [1.165, 1.54) is 23.1 Å². The van der Waals surface area contributed by atoms with Crippen LogP contribution < -0.4 is 0 Å². The van der Waals surface area contributed by atoms with Crippen LogP contribution in [0.4, 0.5) is 0 Å². The molecule has 1 nitrogen and oxygen atoms in total. The summed E-state index contributed by atoms with van der Waals surface area (Å²) in [6.07, 6.45) is 1.46. The lowest BCUT2D eigenvalue weighted by molar-refractivity contribution is 0.0646. The Balaban J connectivity index is 0.000000251. The van der Waals surface area contributed by atoms with Crippen LogP contribution in [0.25, 0.3) is 0 Å². The van der Waals surface area contributed by atoms with Crippen LogP contribution in [0.5, 0.6) is 0 Å². The number of benzene rings is 2. The Morgan fingerprint density at radius 2 is 1.32 bits per heavy atom. The summed E-state index contributed by atoms with van der Waals surface area (Å²) in [5, 5.41) is 0. The Morgan fingerprint density at radius 3 is 1.72 bits per heavy atom. The summed E-state index contributed by atoms with van der Waals surface area (Å²) in [6, 6.07) is 19.3. The van der Waals surface area contributed by atoms with Gasteiger partial charge in [-0.25, -0.2) is 0 Å². The van der Waals surface area contributed by atoms with Gasteiger partial charge in [0.2, 0.25) is 0 Å². The van der Waals surface area contributed by atoms with Crippen molar-refractivity contribution in [3.05, 3.63) is 71.3 Å². The predicted molar refractivity (Wildman–Crippen MR) is 110 cm³/mol. The lowest BCUT2D eigenvalue weighted by Gasteiger charge is -2.19. The van der Waals surface area contributed by atoms with Crippen molar-refractivity contribution in [2.75, 3.05) is 7.11 Å². The van der Waals surface area contributed by atoms with E-state index in [2.05, 4.69) is 96.1 Å². The van der Waals surface area contributed by atoms with Crippen molar-refractivity contribution < 1.29 is 4.74 Å². The van der Waals surface area contributed by atoms with Crippen molar-refractivity contribution in [2.24, 2.45) is 11.8 Å². The van der Waals surface area contributed by atoms with Gasteiger partial charge in [0, 0.05) is 7.11 Å². The first-order valence-corrected chi connectivity index (χ1v) is 9.54. The highest BCUT2D eigenvalue weighted by Gasteiger charge is 2.14. The van der Waals surface area contributed by atoms with E-state index in [1.807, 2.05) is 0 Å². The van der Waals surface area contributed by atoms with Crippen molar-refractivity contribution in [1.29, 1.82) is 0 Å². The van der Waals surface area contributed by atoms with E-state index < -0.39 is 0 Å². The van der Waals surface area contributed by atoms with Gasteiger partial charge in [0.1, 0.15) is 0 Å². The van der Waals surface area contributed by atoms with Gasteiger partial charge in [-0.05, 0) is 42.2 Å². The number of hydrogen-bond acceptors (Lipinski definition) is 1. The van der Waals surface area contributed by atoms with Crippen molar-refractivity contribution >= 4 is 0 Å². The molecule has 2 rings (SSSR count). The zero-order chi connectivity index (χ0) is 18.8. The van der Waals surface area contributed by atoms with Crippen LogP contribution in [0.15, 0.2) is 54.6 Å². The molecule has 0 aromatic heterocycles. The van der Waals surface area contributed by atoms with E-state index in [9.17, 15) is 0 Å². The summed E-state index contributed by atoms with van der Waals surface area (Å²) in [5.41, 5.74) is 4.04. The third-order valence-corrected chi connectivity index (χ3v) is 4.74. The van der Waals surface area contributed by atoms with E-state index >= 15 is 0 Å². The fourth-order valence-electron chi connectivity index (χ4n) is 3.34. The monoisotopic (exact) mass is 340 g/mol. The molecule has 138 valence electrons. The standard InChI is InChI=1S/C12H18O.C12H18/c1-9(2)12(13-4)11-7-5-10(3)6-8-11;1-4-12(10(2)3)11-8-6-5-7-9-11/h5-9,12H,1-4H3;5-10,12H,4H2,1-3H3. The van der Waals surface area contributed by atoms with Gasteiger partial charge >= 0.3 is 0 Å². The normalized spacial score (nSPS) is 13.3. The van der Waals surface area contributed by atoms with E-state index in [0.29, 0.717) is 5.92 Å². The summed E-state index contributed by atoms with van der Waals surface area (Å²) in [6.45, 7) is 13.3. The van der Waals surface area contributed by atoms with E-state index in [0.717, 1.165) is 11.8 Å². The molecule has 2 aromatic carbocycles. The third kappa shape index (κ3) is 7.04. The molecule has 0 spiro atoms. The summed E-state index contributed by atoms with van der Waals surface area (Å²) < 4.78 is 5.44. The number of ether oxygens (including phenoxy) is 1. The average Bonchev–Trinajstić information content (AvgIpc) is 2.59. The minimum atomic E-state index is 0.223. The molecule has 2 unspecified atom stereocenters. The quantitative estimate of drug-likeness (QED) is 0.541. The van der Waals surface area contributed by atoms with Gasteiger partial charge in [0.25, 0.3) is 0 Å². The fourth-order valence-corrected chi connectivity index (χ4v) is 3.34. The molecule has 2 atom stereocenters. The molecule has 0 fully saturated rings. The molecule has 25 heavy (non-hydrogen) atoms. The second-order valence-electron chi connectivity index (χ2n) is 7.48. The van der Waals surface area contributed by atoms with Crippen LogP contribution in [0, 0.1) is 18.8 Å².